The summed E-state index contributed by atoms with van der Waals surface area (Å²) in [6, 6.07) is 0.815. The molecular formula is C7H4F3IN2O4. The number of ether oxygens (including phenoxy) is 2. The zero-order valence-corrected chi connectivity index (χ0v) is 10.3. The van der Waals surface area contributed by atoms with Crippen molar-refractivity contribution in [1.29, 1.82) is 0 Å². The molecule has 17 heavy (non-hydrogen) atoms. The van der Waals surface area contributed by atoms with Crippen molar-refractivity contribution in [3.05, 3.63) is 19.9 Å². The van der Waals surface area contributed by atoms with Crippen LogP contribution in [0.5, 0.6) is 11.6 Å². The van der Waals surface area contributed by atoms with Crippen molar-refractivity contribution >= 4 is 28.3 Å². The molecule has 0 radical (unpaired) electrons. The lowest BCUT2D eigenvalue weighted by atomic mass is 10.4. The highest BCUT2D eigenvalue weighted by molar-refractivity contribution is 14.1. The molecule has 94 valence electrons. The third-order valence-electron chi connectivity index (χ3n) is 1.52. The smallest absolute Gasteiger partial charge is 0.491 e. The quantitative estimate of drug-likeness (QED) is 0.357. The maximum absolute atomic E-state index is 12.0. The van der Waals surface area contributed by atoms with E-state index in [9.17, 15) is 23.3 Å². The van der Waals surface area contributed by atoms with Gasteiger partial charge in [-0.05, 0) is 22.6 Å². The van der Waals surface area contributed by atoms with Crippen molar-refractivity contribution in [2.75, 3.05) is 7.11 Å². The molecule has 0 spiro atoms. The Hall–Kier alpha value is -1.33. The van der Waals surface area contributed by atoms with Crippen molar-refractivity contribution in [2.24, 2.45) is 0 Å². The van der Waals surface area contributed by atoms with Gasteiger partial charge in [-0.3, -0.25) is 10.1 Å². The first-order valence-corrected chi connectivity index (χ1v) is 4.97. The van der Waals surface area contributed by atoms with Gasteiger partial charge in [-0.2, -0.15) is 4.98 Å². The van der Waals surface area contributed by atoms with Gasteiger partial charge in [0.1, 0.15) is 0 Å². The Balaban J connectivity index is 3.24. The Morgan fingerprint density at radius 1 is 1.53 bits per heavy atom. The van der Waals surface area contributed by atoms with E-state index >= 15 is 0 Å². The van der Waals surface area contributed by atoms with Crippen molar-refractivity contribution in [3.8, 4) is 11.6 Å². The van der Waals surface area contributed by atoms with Gasteiger partial charge in [0, 0.05) is 0 Å². The maximum Gasteiger partial charge on any atom is 0.574 e. The number of pyridine rings is 1. The zero-order valence-electron chi connectivity index (χ0n) is 8.12. The summed E-state index contributed by atoms with van der Waals surface area (Å²) in [7, 11) is 1.05. The Bertz CT molecular complexity index is 451. The third-order valence-corrected chi connectivity index (χ3v) is 2.31. The number of hydrogen-bond acceptors (Lipinski definition) is 5. The van der Waals surface area contributed by atoms with E-state index in [4.69, 9.17) is 0 Å². The summed E-state index contributed by atoms with van der Waals surface area (Å²) >= 11 is 1.43. The highest BCUT2D eigenvalue weighted by Crippen LogP contribution is 2.35. The fraction of sp³-hybridized carbons (Fsp3) is 0.286. The first-order chi connectivity index (χ1) is 7.74. The average molecular weight is 364 g/mol. The highest BCUT2D eigenvalue weighted by Gasteiger charge is 2.34. The van der Waals surface area contributed by atoms with Gasteiger partial charge in [-0.25, -0.2) is 0 Å². The molecule has 0 saturated heterocycles. The lowest BCUT2D eigenvalue weighted by Crippen LogP contribution is -2.19. The Labute approximate surface area is 106 Å². The SMILES string of the molecule is COc1cc([N+](=O)[O-])c(I)nc1OC(F)(F)F. The monoisotopic (exact) mass is 364 g/mol. The van der Waals surface area contributed by atoms with E-state index in [-0.39, 0.29) is 3.70 Å². The topological polar surface area (TPSA) is 74.5 Å². The summed E-state index contributed by atoms with van der Waals surface area (Å²) in [5.41, 5.74) is -0.461. The third kappa shape index (κ3) is 3.57. The van der Waals surface area contributed by atoms with Gasteiger partial charge in [0.15, 0.2) is 9.45 Å². The van der Waals surface area contributed by atoms with E-state index in [1.807, 2.05) is 0 Å². The van der Waals surface area contributed by atoms with Crippen LogP contribution < -0.4 is 9.47 Å². The first-order valence-electron chi connectivity index (χ1n) is 3.89. The molecule has 10 heteroatoms. The number of hydrogen-bond donors (Lipinski definition) is 0. The number of methoxy groups -OCH3 is 1. The number of aromatic nitrogens is 1. The van der Waals surface area contributed by atoms with Gasteiger partial charge in [-0.1, -0.05) is 0 Å². The van der Waals surface area contributed by atoms with E-state index in [1.54, 1.807) is 0 Å². The molecule has 0 fully saturated rings. The molecule has 1 rings (SSSR count). The molecule has 6 nitrogen and oxygen atoms in total. The molecule has 0 saturated carbocycles. The van der Waals surface area contributed by atoms with Crippen LogP contribution in [0.4, 0.5) is 18.9 Å². The molecule has 0 amide bonds. The molecule has 1 heterocycles. The summed E-state index contributed by atoms with van der Waals surface area (Å²) in [5.74, 6) is -1.33. The minimum Gasteiger partial charge on any atom is -0.491 e. The second-order valence-corrected chi connectivity index (χ2v) is 3.63. The minimum atomic E-state index is -4.94. The van der Waals surface area contributed by atoms with Gasteiger partial charge in [-0.15, -0.1) is 13.2 Å². The van der Waals surface area contributed by atoms with Crippen LogP contribution in [-0.2, 0) is 0 Å². The fourth-order valence-electron chi connectivity index (χ4n) is 0.904. The molecule has 0 aliphatic carbocycles. The van der Waals surface area contributed by atoms with E-state index in [0.29, 0.717) is 0 Å². The van der Waals surface area contributed by atoms with Crippen LogP contribution in [0.2, 0.25) is 0 Å². The van der Waals surface area contributed by atoms with Gasteiger partial charge in [0.05, 0.1) is 18.1 Å². The standard InChI is InChI=1S/C7H4F3IN2O4/c1-16-4-2-3(13(14)15)5(11)12-6(4)17-7(8,9)10/h2H,1H3. The highest BCUT2D eigenvalue weighted by atomic mass is 127. The van der Waals surface area contributed by atoms with E-state index in [0.717, 1.165) is 13.2 Å². The number of nitro groups is 1. The predicted molar refractivity (Wildman–Crippen MR) is 56.8 cm³/mol. The van der Waals surface area contributed by atoms with Gasteiger partial charge in [0.2, 0.25) is 0 Å². The zero-order chi connectivity index (χ0) is 13.2. The first kappa shape index (κ1) is 13.7. The van der Waals surface area contributed by atoms with Crippen molar-refractivity contribution in [2.45, 2.75) is 6.36 Å². The largest absolute Gasteiger partial charge is 0.574 e. The normalized spacial score (nSPS) is 11.1. The summed E-state index contributed by atoms with van der Waals surface area (Å²) in [4.78, 5) is 13.1. The van der Waals surface area contributed by atoms with Gasteiger partial charge in [0.25, 0.3) is 5.88 Å². The second kappa shape index (κ2) is 4.89. The van der Waals surface area contributed by atoms with Crippen LogP contribution in [0.1, 0.15) is 0 Å². The van der Waals surface area contributed by atoms with Crippen LogP contribution in [0.25, 0.3) is 0 Å². The van der Waals surface area contributed by atoms with E-state index < -0.39 is 28.6 Å². The van der Waals surface area contributed by atoms with Crippen LogP contribution >= 0.6 is 22.6 Å². The van der Waals surface area contributed by atoms with Gasteiger partial charge < -0.3 is 9.47 Å². The summed E-state index contributed by atoms with van der Waals surface area (Å²) in [5, 5.41) is 10.5. The van der Waals surface area contributed by atoms with Crippen LogP contribution in [-0.4, -0.2) is 23.4 Å². The molecular weight excluding hydrogens is 360 g/mol. The van der Waals surface area contributed by atoms with Crippen LogP contribution in [0.3, 0.4) is 0 Å². The van der Waals surface area contributed by atoms with Crippen LogP contribution in [0.15, 0.2) is 6.07 Å². The molecule has 0 unspecified atom stereocenters. The Kier molecular flexibility index (Phi) is 3.95. The molecule has 1 aromatic heterocycles. The Morgan fingerprint density at radius 2 is 2.12 bits per heavy atom. The number of alkyl halides is 3. The average Bonchev–Trinajstić information content (AvgIpc) is 2.14. The summed E-state index contributed by atoms with van der Waals surface area (Å²) in [6.07, 6.45) is -4.94. The molecule has 0 aliphatic heterocycles. The molecule has 0 atom stereocenters. The lowest BCUT2D eigenvalue weighted by Gasteiger charge is -2.11. The van der Waals surface area contributed by atoms with E-state index in [2.05, 4.69) is 14.5 Å². The predicted octanol–water partition coefficient (Wildman–Crippen LogP) is 2.50. The molecule has 1 aromatic rings. The van der Waals surface area contributed by atoms with Gasteiger partial charge >= 0.3 is 12.0 Å². The number of nitrogens with zero attached hydrogens (tertiary/aromatic N) is 2. The summed E-state index contributed by atoms with van der Waals surface area (Å²) < 4.78 is 43.9. The second-order valence-electron chi connectivity index (χ2n) is 2.61. The lowest BCUT2D eigenvalue weighted by molar-refractivity contribution is -0.386. The van der Waals surface area contributed by atoms with Crippen LogP contribution in [0, 0.1) is 13.8 Å². The maximum atomic E-state index is 12.0. The van der Waals surface area contributed by atoms with E-state index in [1.165, 1.54) is 22.6 Å². The molecule has 0 N–H and O–H groups in total. The van der Waals surface area contributed by atoms with Crippen molar-refractivity contribution in [1.82, 2.24) is 4.98 Å². The fourth-order valence-corrected chi connectivity index (χ4v) is 1.48. The van der Waals surface area contributed by atoms with Crippen molar-refractivity contribution in [3.63, 3.8) is 0 Å². The number of rotatable bonds is 3. The molecule has 0 aromatic carbocycles. The molecule has 0 bridgehead atoms. The number of halogens is 4. The Morgan fingerprint density at radius 3 is 2.53 bits per heavy atom. The van der Waals surface area contributed by atoms with Crippen molar-refractivity contribution < 1.29 is 27.6 Å². The molecule has 0 aliphatic rings. The minimum absolute atomic E-state index is 0.229. The summed E-state index contributed by atoms with van der Waals surface area (Å²) in [6.45, 7) is 0.